The van der Waals surface area contributed by atoms with Crippen molar-refractivity contribution in [2.45, 2.75) is 25.2 Å². The van der Waals surface area contributed by atoms with Crippen LogP contribution in [0.25, 0.3) is 0 Å². The van der Waals surface area contributed by atoms with Gasteiger partial charge in [-0.2, -0.15) is 0 Å². The van der Waals surface area contributed by atoms with Crippen LogP contribution in [-0.4, -0.2) is 24.0 Å². The van der Waals surface area contributed by atoms with Crippen molar-refractivity contribution < 1.29 is 4.79 Å². The number of likely N-dealkylation sites (tertiary alicyclic amines) is 1. The minimum Gasteiger partial charge on any atom is -0.324 e. The number of anilines is 1. The van der Waals surface area contributed by atoms with E-state index in [0.717, 1.165) is 38.0 Å². The Morgan fingerprint density at radius 3 is 2.52 bits per heavy atom. The van der Waals surface area contributed by atoms with E-state index >= 15 is 0 Å². The van der Waals surface area contributed by atoms with E-state index in [-0.39, 0.29) is 6.03 Å². The molecule has 1 heterocycles. The third kappa shape index (κ3) is 4.26. The van der Waals surface area contributed by atoms with Crippen LogP contribution in [-0.2, 0) is 0 Å². The number of nitrogens with one attached hydrogen (secondary N) is 1. The molecule has 1 aliphatic rings. The minimum absolute atomic E-state index is 0.0323. The summed E-state index contributed by atoms with van der Waals surface area (Å²) in [5, 5.41) is 3.64. The minimum atomic E-state index is -0.0323. The molecule has 0 aliphatic carbocycles. The summed E-state index contributed by atoms with van der Waals surface area (Å²) >= 11 is 5.88. The van der Waals surface area contributed by atoms with E-state index < -0.39 is 0 Å². The summed E-state index contributed by atoms with van der Waals surface area (Å²) in [6.07, 6.45) is 3.34. The number of hydrogen-bond acceptors (Lipinski definition) is 1. The summed E-state index contributed by atoms with van der Waals surface area (Å²) < 4.78 is 0. The lowest BCUT2D eigenvalue weighted by atomic mass is 9.94. The van der Waals surface area contributed by atoms with Crippen molar-refractivity contribution in [3.05, 3.63) is 65.2 Å². The first-order chi connectivity index (χ1) is 11.2. The molecule has 2 aromatic rings. The van der Waals surface area contributed by atoms with Crippen molar-refractivity contribution in [2.75, 3.05) is 18.4 Å². The van der Waals surface area contributed by atoms with Crippen LogP contribution in [0.1, 0.15) is 30.7 Å². The van der Waals surface area contributed by atoms with E-state index in [0.29, 0.717) is 10.9 Å². The average Bonchev–Trinajstić information content (AvgIpc) is 2.84. The Hall–Kier alpha value is -2.00. The smallest absolute Gasteiger partial charge is 0.321 e. The van der Waals surface area contributed by atoms with Crippen LogP contribution in [0.15, 0.2) is 54.6 Å². The van der Waals surface area contributed by atoms with Crippen LogP contribution in [0.4, 0.5) is 10.5 Å². The van der Waals surface area contributed by atoms with E-state index in [1.54, 1.807) is 12.1 Å². The number of carbonyl (C=O) groups excluding carboxylic acids is 1. The van der Waals surface area contributed by atoms with Crippen LogP contribution in [0.3, 0.4) is 0 Å². The molecule has 2 aromatic carbocycles. The first-order valence-electron chi connectivity index (χ1n) is 8.09. The van der Waals surface area contributed by atoms with Crippen molar-refractivity contribution in [1.82, 2.24) is 4.90 Å². The Bertz CT molecular complexity index is 642. The number of benzene rings is 2. The predicted octanol–water partition coefficient (Wildman–Crippen LogP) is 5.14. The fourth-order valence-corrected chi connectivity index (χ4v) is 3.19. The van der Waals surface area contributed by atoms with Crippen LogP contribution in [0.5, 0.6) is 0 Å². The van der Waals surface area contributed by atoms with Crippen LogP contribution < -0.4 is 5.32 Å². The van der Waals surface area contributed by atoms with E-state index in [9.17, 15) is 4.79 Å². The molecule has 1 saturated heterocycles. The van der Waals surface area contributed by atoms with Crippen molar-refractivity contribution in [1.29, 1.82) is 0 Å². The summed E-state index contributed by atoms with van der Waals surface area (Å²) in [6.45, 7) is 1.58. The van der Waals surface area contributed by atoms with E-state index in [2.05, 4.69) is 29.6 Å². The maximum Gasteiger partial charge on any atom is 0.321 e. The molecule has 0 aromatic heterocycles. The molecule has 0 spiro atoms. The monoisotopic (exact) mass is 328 g/mol. The molecule has 2 amide bonds. The Kier molecular flexibility index (Phi) is 5.19. The quantitative estimate of drug-likeness (QED) is 0.813. The highest BCUT2D eigenvalue weighted by atomic mass is 35.5. The van der Waals surface area contributed by atoms with Gasteiger partial charge < -0.3 is 10.2 Å². The topological polar surface area (TPSA) is 32.3 Å². The van der Waals surface area contributed by atoms with Crippen molar-refractivity contribution in [3.8, 4) is 0 Å². The summed E-state index contributed by atoms with van der Waals surface area (Å²) in [5.74, 6) is 0.412. The van der Waals surface area contributed by atoms with E-state index in [1.165, 1.54) is 5.56 Å². The molecule has 4 heteroatoms. The van der Waals surface area contributed by atoms with Gasteiger partial charge in [-0.15, -0.1) is 0 Å². The number of nitrogens with zero attached hydrogens (tertiary/aromatic N) is 1. The van der Waals surface area contributed by atoms with Gasteiger partial charge in [0.1, 0.15) is 0 Å². The fraction of sp³-hybridized carbons (Fsp3) is 0.316. The zero-order valence-electron chi connectivity index (χ0n) is 13.0. The highest BCUT2D eigenvalue weighted by Gasteiger charge is 2.23. The Labute approximate surface area is 142 Å². The molecule has 1 aliphatic heterocycles. The fourth-order valence-electron chi connectivity index (χ4n) is 3.06. The summed E-state index contributed by atoms with van der Waals surface area (Å²) in [6, 6.07) is 17.7. The Morgan fingerprint density at radius 2 is 1.78 bits per heavy atom. The van der Waals surface area contributed by atoms with Gasteiger partial charge in [0.15, 0.2) is 0 Å². The van der Waals surface area contributed by atoms with Gasteiger partial charge in [0.25, 0.3) is 0 Å². The number of urea groups is 1. The van der Waals surface area contributed by atoms with Crippen molar-refractivity contribution in [3.63, 3.8) is 0 Å². The largest absolute Gasteiger partial charge is 0.324 e. The number of hydrogen-bond donors (Lipinski definition) is 1. The normalized spacial score (nSPS) is 18.3. The molecule has 0 bridgehead atoms. The number of carbonyl (C=O) groups is 1. The zero-order valence-corrected chi connectivity index (χ0v) is 13.8. The maximum atomic E-state index is 12.6. The Morgan fingerprint density at radius 1 is 1.04 bits per heavy atom. The summed E-state index contributed by atoms with van der Waals surface area (Å²) in [7, 11) is 0. The Balaban J connectivity index is 1.68. The maximum absolute atomic E-state index is 12.6. The molecule has 0 radical (unpaired) electrons. The standard InChI is InChI=1S/C19H21ClN2O/c20-17-9-11-18(12-10-17)21-19(23)22-13-5-4-8-16(14-22)15-6-2-1-3-7-15/h1-3,6-7,9-12,16H,4-5,8,13-14H2,(H,21,23). The summed E-state index contributed by atoms with van der Waals surface area (Å²) in [4.78, 5) is 14.5. The average molecular weight is 329 g/mol. The zero-order chi connectivity index (χ0) is 16.1. The van der Waals surface area contributed by atoms with Gasteiger partial charge in [-0.25, -0.2) is 4.79 Å². The van der Waals surface area contributed by atoms with Gasteiger partial charge >= 0.3 is 6.03 Å². The first-order valence-corrected chi connectivity index (χ1v) is 8.46. The lowest BCUT2D eigenvalue weighted by Gasteiger charge is -2.25. The second kappa shape index (κ2) is 7.51. The molecule has 1 N–H and O–H groups in total. The second-order valence-corrected chi connectivity index (χ2v) is 6.42. The third-order valence-electron chi connectivity index (χ3n) is 4.33. The van der Waals surface area contributed by atoms with Gasteiger partial charge in [-0.3, -0.25) is 0 Å². The van der Waals surface area contributed by atoms with Gasteiger partial charge in [-0.05, 0) is 42.7 Å². The number of amides is 2. The lowest BCUT2D eigenvalue weighted by Crippen LogP contribution is -2.37. The van der Waals surface area contributed by atoms with Gasteiger partial charge in [0.05, 0.1) is 0 Å². The van der Waals surface area contributed by atoms with Gasteiger partial charge in [0.2, 0.25) is 0 Å². The molecule has 3 rings (SSSR count). The van der Waals surface area contributed by atoms with Gasteiger partial charge in [-0.1, -0.05) is 48.4 Å². The highest BCUT2D eigenvalue weighted by molar-refractivity contribution is 6.30. The molecular weight excluding hydrogens is 308 g/mol. The van der Waals surface area contributed by atoms with Crippen molar-refractivity contribution >= 4 is 23.3 Å². The molecular formula is C19H21ClN2O. The van der Waals surface area contributed by atoms with Crippen LogP contribution >= 0.6 is 11.6 Å². The van der Waals surface area contributed by atoms with E-state index in [1.807, 2.05) is 23.1 Å². The molecule has 3 nitrogen and oxygen atoms in total. The number of rotatable bonds is 2. The SMILES string of the molecule is O=C(Nc1ccc(Cl)cc1)N1CCCCC(c2ccccc2)C1. The highest BCUT2D eigenvalue weighted by Crippen LogP contribution is 2.26. The summed E-state index contributed by atoms with van der Waals surface area (Å²) in [5.41, 5.74) is 2.10. The third-order valence-corrected chi connectivity index (χ3v) is 4.58. The second-order valence-electron chi connectivity index (χ2n) is 5.99. The van der Waals surface area contributed by atoms with E-state index in [4.69, 9.17) is 11.6 Å². The molecule has 0 saturated carbocycles. The molecule has 23 heavy (non-hydrogen) atoms. The van der Waals surface area contributed by atoms with Crippen LogP contribution in [0, 0.1) is 0 Å². The molecule has 1 unspecified atom stereocenters. The van der Waals surface area contributed by atoms with Crippen molar-refractivity contribution in [2.24, 2.45) is 0 Å². The predicted molar refractivity (Wildman–Crippen MR) is 95.1 cm³/mol. The molecule has 1 fully saturated rings. The van der Waals surface area contributed by atoms with Crippen LogP contribution in [0.2, 0.25) is 5.02 Å². The molecule has 120 valence electrons. The van der Waals surface area contributed by atoms with Gasteiger partial charge in [0, 0.05) is 29.7 Å². The number of halogens is 1. The molecule has 1 atom stereocenters. The first kappa shape index (κ1) is 15.9. The lowest BCUT2D eigenvalue weighted by molar-refractivity contribution is 0.211.